The molecule has 1 atom stereocenters. The number of benzene rings is 2. The maximum absolute atomic E-state index is 5.50. The van der Waals surface area contributed by atoms with Crippen molar-refractivity contribution in [2.24, 2.45) is 0 Å². The highest BCUT2D eigenvalue weighted by Gasteiger charge is 2.25. The van der Waals surface area contributed by atoms with Gasteiger partial charge in [-0.2, -0.15) is 0 Å². The standard InChI is InChI=1S/C16H14O4/c1-2-4-14-12(3-1)9-19-20-16(14)11-5-6-15-13(7-11)8-17-10-18-15/h1-7,16H,8-10H2. The van der Waals surface area contributed by atoms with Crippen LogP contribution in [0.1, 0.15) is 28.4 Å². The predicted molar refractivity (Wildman–Crippen MR) is 70.9 cm³/mol. The molecule has 0 aliphatic carbocycles. The molecule has 20 heavy (non-hydrogen) atoms. The van der Waals surface area contributed by atoms with E-state index in [-0.39, 0.29) is 6.10 Å². The summed E-state index contributed by atoms with van der Waals surface area (Å²) in [6.07, 6.45) is -0.202. The van der Waals surface area contributed by atoms with E-state index in [1.807, 2.05) is 24.3 Å². The Morgan fingerprint density at radius 1 is 0.950 bits per heavy atom. The highest BCUT2D eigenvalue weighted by molar-refractivity contribution is 5.43. The second-order valence-electron chi connectivity index (χ2n) is 4.92. The number of rotatable bonds is 1. The van der Waals surface area contributed by atoms with Crippen LogP contribution in [-0.4, -0.2) is 6.79 Å². The topological polar surface area (TPSA) is 36.9 Å². The molecule has 0 N–H and O–H groups in total. The lowest BCUT2D eigenvalue weighted by atomic mass is 9.95. The van der Waals surface area contributed by atoms with Crippen LogP contribution in [0.5, 0.6) is 5.75 Å². The van der Waals surface area contributed by atoms with Crippen LogP contribution in [0.3, 0.4) is 0 Å². The summed E-state index contributed by atoms with van der Waals surface area (Å²) < 4.78 is 10.8. The van der Waals surface area contributed by atoms with Crippen molar-refractivity contribution >= 4 is 0 Å². The lowest BCUT2D eigenvalue weighted by Gasteiger charge is -2.26. The first-order valence-corrected chi connectivity index (χ1v) is 6.61. The van der Waals surface area contributed by atoms with E-state index < -0.39 is 0 Å². The Labute approximate surface area is 116 Å². The van der Waals surface area contributed by atoms with Crippen molar-refractivity contribution in [3.05, 3.63) is 64.7 Å². The van der Waals surface area contributed by atoms with Crippen molar-refractivity contribution in [3.63, 3.8) is 0 Å². The van der Waals surface area contributed by atoms with E-state index in [0.29, 0.717) is 20.0 Å². The van der Waals surface area contributed by atoms with E-state index in [1.165, 1.54) is 0 Å². The summed E-state index contributed by atoms with van der Waals surface area (Å²) >= 11 is 0. The minimum Gasteiger partial charge on any atom is -0.467 e. The first-order chi connectivity index (χ1) is 9.92. The number of fused-ring (bicyclic) bond motifs is 2. The van der Waals surface area contributed by atoms with E-state index in [0.717, 1.165) is 28.0 Å². The van der Waals surface area contributed by atoms with Gasteiger partial charge in [-0.15, -0.1) is 0 Å². The first kappa shape index (κ1) is 11.9. The monoisotopic (exact) mass is 270 g/mol. The quantitative estimate of drug-likeness (QED) is 0.746. The van der Waals surface area contributed by atoms with E-state index in [1.54, 1.807) is 0 Å². The van der Waals surface area contributed by atoms with Crippen LogP contribution in [0, 0.1) is 0 Å². The Kier molecular flexibility index (Phi) is 2.92. The van der Waals surface area contributed by atoms with Gasteiger partial charge in [0, 0.05) is 5.56 Å². The molecule has 4 heteroatoms. The van der Waals surface area contributed by atoms with Crippen LogP contribution in [0.4, 0.5) is 0 Å². The van der Waals surface area contributed by atoms with Gasteiger partial charge < -0.3 is 9.47 Å². The predicted octanol–water partition coefficient (Wildman–Crippen LogP) is 3.10. The molecule has 2 aromatic rings. The number of hydrogen-bond donors (Lipinski definition) is 0. The molecule has 0 fully saturated rings. The van der Waals surface area contributed by atoms with Crippen LogP contribution in [0.25, 0.3) is 0 Å². The van der Waals surface area contributed by atoms with Crippen molar-refractivity contribution < 1.29 is 19.2 Å². The molecule has 2 aliphatic rings. The second-order valence-corrected chi connectivity index (χ2v) is 4.92. The summed E-state index contributed by atoms with van der Waals surface area (Å²) in [5.41, 5.74) is 4.40. The lowest BCUT2D eigenvalue weighted by molar-refractivity contribution is -0.336. The third-order valence-electron chi connectivity index (χ3n) is 3.66. The molecule has 0 bridgehead atoms. The summed E-state index contributed by atoms with van der Waals surface area (Å²) in [6, 6.07) is 14.2. The van der Waals surface area contributed by atoms with E-state index >= 15 is 0 Å². The average Bonchev–Trinajstić information content (AvgIpc) is 2.54. The average molecular weight is 270 g/mol. The fourth-order valence-corrected chi connectivity index (χ4v) is 2.65. The third kappa shape index (κ3) is 1.98. The molecule has 0 saturated carbocycles. The molecule has 4 nitrogen and oxygen atoms in total. The zero-order valence-electron chi connectivity index (χ0n) is 10.9. The van der Waals surface area contributed by atoms with Gasteiger partial charge in [0.15, 0.2) is 6.79 Å². The van der Waals surface area contributed by atoms with Crippen molar-refractivity contribution in [2.75, 3.05) is 6.79 Å². The van der Waals surface area contributed by atoms with Crippen molar-refractivity contribution in [2.45, 2.75) is 19.3 Å². The second kappa shape index (κ2) is 4.90. The summed E-state index contributed by atoms with van der Waals surface area (Å²) in [4.78, 5) is 10.7. The van der Waals surface area contributed by atoms with Gasteiger partial charge in [-0.25, -0.2) is 9.78 Å². The molecule has 2 aliphatic heterocycles. The molecular weight excluding hydrogens is 256 g/mol. The van der Waals surface area contributed by atoms with E-state index in [9.17, 15) is 0 Å². The maximum atomic E-state index is 5.50. The number of hydrogen-bond acceptors (Lipinski definition) is 4. The zero-order valence-corrected chi connectivity index (χ0v) is 10.9. The van der Waals surface area contributed by atoms with Gasteiger partial charge in [0.25, 0.3) is 0 Å². The molecule has 0 aromatic heterocycles. The summed E-state index contributed by atoms with van der Waals surface area (Å²) in [7, 11) is 0. The third-order valence-corrected chi connectivity index (χ3v) is 3.66. The molecule has 2 heterocycles. The summed E-state index contributed by atoms with van der Waals surface area (Å²) in [5, 5.41) is 0. The Bertz CT molecular complexity index is 638. The molecule has 0 amide bonds. The van der Waals surface area contributed by atoms with Gasteiger partial charge in [-0.3, -0.25) is 0 Å². The van der Waals surface area contributed by atoms with Gasteiger partial charge in [0.1, 0.15) is 18.5 Å². The maximum Gasteiger partial charge on any atom is 0.189 e. The Balaban J connectivity index is 1.75. The highest BCUT2D eigenvalue weighted by atomic mass is 17.2. The summed E-state index contributed by atoms with van der Waals surface area (Å²) in [6.45, 7) is 1.38. The molecule has 0 spiro atoms. The first-order valence-electron chi connectivity index (χ1n) is 6.61. The molecule has 4 rings (SSSR count). The van der Waals surface area contributed by atoms with Crippen LogP contribution >= 0.6 is 0 Å². The molecule has 2 aromatic carbocycles. The Morgan fingerprint density at radius 3 is 2.90 bits per heavy atom. The normalized spacial score (nSPS) is 20.7. The lowest BCUT2D eigenvalue weighted by Crippen LogP contribution is -2.17. The minimum absolute atomic E-state index is 0.202. The van der Waals surface area contributed by atoms with Gasteiger partial charge in [-0.1, -0.05) is 30.3 Å². The largest absolute Gasteiger partial charge is 0.467 e. The van der Waals surface area contributed by atoms with Crippen LogP contribution in [0.15, 0.2) is 42.5 Å². The fraction of sp³-hybridized carbons (Fsp3) is 0.250. The van der Waals surface area contributed by atoms with Crippen LogP contribution in [-0.2, 0) is 27.7 Å². The Hall–Kier alpha value is -1.88. The minimum atomic E-state index is -0.202. The van der Waals surface area contributed by atoms with Crippen molar-refractivity contribution in [1.82, 2.24) is 0 Å². The van der Waals surface area contributed by atoms with Gasteiger partial charge in [-0.05, 0) is 28.8 Å². The summed E-state index contributed by atoms with van der Waals surface area (Å²) in [5.74, 6) is 0.880. The molecular formula is C16H14O4. The van der Waals surface area contributed by atoms with Crippen LogP contribution < -0.4 is 4.74 Å². The van der Waals surface area contributed by atoms with Crippen molar-refractivity contribution in [1.29, 1.82) is 0 Å². The molecule has 102 valence electrons. The van der Waals surface area contributed by atoms with E-state index in [4.69, 9.17) is 19.2 Å². The smallest absolute Gasteiger partial charge is 0.189 e. The van der Waals surface area contributed by atoms with Crippen molar-refractivity contribution in [3.8, 4) is 5.75 Å². The highest BCUT2D eigenvalue weighted by Crippen LogP contribution is 2.35. The molecule has 1 unspecified atom stereocenters. The fourth-order valence-electron chi connectivity index (χ4n) is 2.65. The van der Waals surface area contributed by atoms with Crippen LogP contribution in [0.2, 0.25) is 0 Å². The zero-order chi connectivity index (χ0) is 13.4. The number of ether oxygens (including phenoxy) is 2. The SMILES string of the molecule is c1ccc2c(c1)COOC2c1ccc2c(c1)COCO2. The van der Waals surface area contributed by atoms with Gasteiger partial charge >= 0.3 is 0 Å². The van der Waals surface area contributed by atoms with Gasteiger partial charge in [0.05, 0.1) is 6.61 Å². The molecule has 0 saturated heterocycles. The molecule has 0 radical (unpaired) electrons. The van der Waals surface area contributed by atoms with Gasteiger partial charge in [0.2, 0.25) is 0 Å². The van der Waals surface area contributed by atoms with E-state index in [2.05, 4.69) is 18.2 Å². The Morgan fingerprint density at radius 2 is 1.90 bits per heavy atom.